The first-order valence-corrected chi connectivity index (χ1v) is 10.1. The van der Waals surface area contributed by atoms with Crippen LogP contribution in [0.2, 0.25) is 0 Å². The first-order valence-electron chi connectivity index (χ1n) is 8.67. The molecule has 0 aliphatic heterocycles. The molecule has 1 aliphatic carbocycles. The Hall–Kier alpha value is -2.34. The van der Waals surface area contributed by atoms with Crippen LogP contribution in [-0.4, -0.2) is 8.42 Å². The Morgan fingerprint density at radius 2 is 2.00 bits per heavy atom. The van der Waals surface area contributed by atoms with E-state index in [0.717, 1.165) is 42.1 Å². The van der Waals surface area contributed by atoms with Crippen LogP contribution in [0.15, 0.2) is 45.7 Å². The maximum atomic E-state index is 13.3. The summed E-state index contributed by atoms with van der Waals surface area (Å²) in [5.74, 6) is 1.14. The topological polar surface area (TPSA) is 59.3 Å². The summed E-state index contributed by atoms with van der Waals surface area (Å²) in [6.45, 7) is 3.79. The maximum absolute atomic E-state index is 13.3. The van der Waals surface area contributed by atoms with E-state index in [2.05, 4.69) is 11.6 Å². The lowest BCUT2D eigenvalue weighted by atomic mass is 9.88. The van der Waals surface area contributed by atoms with Crippen molar-refractivity contribution >= 4 is 26.7 Å². The summed E-state index contributed by atoms with van der Waals surface area (Å²) in [6.07, 6.45) is 2.97. The van der Waals surface area contributed by atoms with Crippen molar-refractivity contribution in [3.63, 3.8) is 0 Å². The van der Waals surface area contributed by atoms with Crippen molar-refractivity contribution in [1.82, 2.24) is 0 Å². The average Bonchev–Trinajstić information content (AvgIpc) is 2.91. The molecule has 1 atom stereocenters. The predicted molar refractivity (Wildman–Crippen MR) is 99.3 cm³/mol. The minimum absolute atomic E-state index is 0.0711. The summed E-state index contributed by atoms with van der Waals surface area (Å²) in [5.41, 5.74) is 2.80. The number of furan rings is 1. The molecular formula is C20H20FNO3S. The molecule has 0 unspecified atom stereocenters. The van der Waals surface area contributed by atoms with Crippen molar-refractivity contribution < 1.29 is 17.2 Å². The molecule has 26 heavy (non-hydrogen) atoms. The number of hydrogen-bond donors (Lipinski definition) is 1. The molecule has 1 aliphatic rings. The number of benzene rings is 2. The van der Waals surface area contributed by atoms with Crippen LogP contribution < -0.4 is 4.72 Å². The van der Waals surface area contributed by atoms with Crippen LogP contribution >= 0.6 is 0 Å². The minimum Gasteiger partial charge on any atom is -0.461 e. The highest BCUT2D eigenvalue weighted by Crippen LogP contribution is 2.35. The molecule has 0 saturated heterocycles. The summed E-state index contributed by atoms with van der Waals surface area (Å²) in [6, 6.07) is 8.97. The summed E-state index contributed by atoms with van der Waals surface area (Å²) >= 11 is 0. The third kappa shape index (κ3) is 2.98. The van der Waals surface area contributed by atoms with Gasteiger partial charge in [0, 0.05) is 23.1 Å². The fraction of sp³-hybridized carbons (Fsp3) is 0.300. The Bertz CT molecular complexity index is 1100. The van der Waals surface area contributed by atoms with Crippen LogP contribution in [0, 0.1) is 18.7 Å². The lowest BCUT2D eigenvalue weighted by molar-refractivity contribution is 0.438. The van der Waals surface area contributed by atoms with Crippen LogP contribution in [0.1, 0.15) is 30.2 Å². The first-order chi connectivity index (χ1) is 12.3. The normalized spacial score (nSPS) is 17.3. The molecule has 0 spiro atoms. The number of anilines is 1. The van der Waals surface area contributed by atoms with Gasteiger partial charge in [-0.2, -0.15) is 0 Å². The highest BCUT2D eigenvalue weighted by atomic mass is 32.2. The van der Waals surface area contributed by atoms with Gasteiger partial charge in [-0.15, -0.1) is 0 Å². The van der Waals surface area contributed by atoms with E-state index in [1.165, 1.54) is 17.7 Å². The Morgan fingerprint density at radius 1 is 1.19 bits per heavy atom. The number of hydrogen-bond acceptors (Lipinski definition) is 3. The van der Waals surface area contributed by atoms with E-state index >= 15 is 0 Å². The number of fused-ring (bicyclic) bond motifs is 3. The van der Waals surface area contributed by atoms with Gasteiger partial charge in [-0.3, -0.25) is 4.72 Å². The van der Waals surface area contributed by atoms with Gasteiger partial charge in [-0.1, -0.05) is 6.92 Å². The molecule has 0 saturated carbocycles. The quantitative estimate of drug-likeness (QED) is 0.717. The van der Waals surface area contributed by atoms with Gasteiger partial charge in [0.1, 0.15) is 17.2 Å². The van der Waals surface area contributed by atoms with E-state index in [1.54, 1.807) is 19.1 Å². The van der Waals surface area contributed by atoms with Gasteiger partial charge >= 0.3 is 0 Å². The monoisotopic (exact) mass is 373 g/mol. The number of rotatable bonds is 3. The zero-order chi connectivity index (χ0) is 18.5. The molecule has 6 heteroatoms. The van der Waals surface area contributed by atoms with Crippen molar-refractivity contribution in [2.75, 3.05) is 4.72 Å². The van der Waals surface area contributed by atoms with Crippen molar-refractivity contribution in [3.8, 4) is 0 Å². The maximum Gasteiger partial charge on any atom is 0.262 e. The van der Waals surface area contributed by atoms with Crippen molar-refractivity contribution in [1.29, 1.82) is 0 Å². The van der Waals surface area contributed by atoms with Crippen molar-refractivity contribution in [3.05, 3.63) is 59.1 Å². The van der Waals surface area contributed by atoms with Gasteiger partial charge in [-0.25, -0.2) is 12.8 Å². The summed E-state index contributed by atoms with van der Waals surface area (Å²) in [7, 11) is -3.79. The number of halogens is 1. The molecule has 4 nitrogen and oxygen atoms in total. The van der Waals surface area contributed by atoms with E-state index in [9.17, 15) is 12.8 Å². The van der Waals surface area contributed by atoms with Gasteiger partial charge in [0.05, 0.1) is 4.90 Å². The molecule has 1 N–H and O–H groups in total. The Morgan fingerprint density at radius 3 is 2.77 bits per heavy atom. The molecule has 136 valence electrons. The number of aryl methyl sites for hydroxylation is 2. The highest BCUT2D eigenvalue weighted by Gasteiger charge is 2.23. The molecule has 1 heterocycles. The third-order valence-electron chi connectivity index (χ3n) is 4.97. The predicted octanol–water partition coefficient (Wildman–Crippen LogP) is 4.81. The standard InChI is InChI=1S/C20H20FNO3S/c1-12-3-6-18-16(9-12)17-11-15(5-7-19(17)25-18)22-26(23,24)20-8-4-14(21)10-13(20)2/h4-5,7-8,10-12,22H,3,6,9H2,1-2H3/t12-/m0/s1. The molecular weight excluding hydrogens is 353 g/mol. The molecule has 0 fully saturated rings. The van der Waals surface area contributed by atoms with Crippen LogP contribution in [0.3, 0.4) is 0 Å². The van der Waals surface area contributed by atoms with Gasteiger partial charge in [0.15, 0.2) is 0 Å². The SMILES string of the molecule is Cc1cc(F)ccc1S(=O)(=O)Nc1ccc2oc3c(c2c1)C[C@@H](C)CC3. The molecule has 0 radical (unpaired) electrons. The molecule has 0 bridgehead atoms. The average molecular weight is 373 g/mol. The van der Waals surface area contributed by atoms with Crippen molar-refractivity contribution in [2.45, 2.75) is 38.0 Å². The van der Waals surface area contributed by atoms with Crippen LogP contribution in [0.5, 0.6) is 0 Å². The van der Waals surface area contributed by atoms with E-state index < -0.39 is 15.8 Å². The van der Waals surface area contributed by atoms with Crippen LogP contribution in [0.25, 0.3) is 11.0 Å². The summed E-state index contributed by atoms with van der Waals surface area (Å²) in [4.78, 5) is 0.0711. The number of sulfonamides is 1. The molecule has 2 aromatic carbocycles. The smallest absolute Gasteiger partial charge is 0.262 e. The summed E-state index contributed by atoms with van der Waals surface area (Å²) in [5, 5.41) is 0.961. The van der Waals surface area contributed by atoms with E-state index in [-0.39, 0.29) is 4.90 Å². The Balaban J connectivity index is 1.72. The lowest BCUT2D eigenvalue weighted by Gasteiger charge is -2.16. The van der Waals surface area contributed by atoms with Crippen LogP contribution in [0.4, 0.5) is 10.1 Å². The second kappa shape index (κ2) is 6.13. The molecule has 4 rings (SSSR count). The van der Waals surface area contributed by atoms with E-state index in [0.29, 0.717) is 17.2 Å². The van der Waals surface area contributed by atoms with Crippen molar-refractivity contribution in [2.24, 2.45) is 5.92 Å². The van der Waals surface area contributed by atoms with Gasteiger partial charge in [-0.05, 0) is 67.6 Å². The Kier molecular flexibility index (Phi) is 4.03. The fourth-order valence-electron chi connectivity index (χ4n) is 3.64. The second-order valence-corrected chi connectivity index (χ2v) is 8.73. The second-order valence-electron chi connectivity index (χ2n) is 7.08. The van der Waals surface area contributed by atoms with Gasteiger partial charge in [0.25, 0.3) is 10.0 Å². The Labute approximate surface area is 152 Å². The molecule has 1 aromatic heterocycles. The van der Waals surface area contributed by atoms with Gasteiger partial charge < -0.3 is 4.42 Å². The third-order valence-corrected chi connectivity index (χ3v) is 6.51. The minimum atomic E-state index is -3.79. The van der Waals surface area contributed by atoms with Crippen LogP contribution in [-0.2, 0) is 22.9 Å². The number of nitrogens with one attached hydrogen (secondary N) is 1. The first kappa shape index (κ1) is 17.1. The molecule has 0 amide bonds. The highest BCUT2D eigenvalue weighted by molar-refractivity contribution is 7.92. The zero-order valence-corrected chi connectivity index (χ0v) is 15.5. The molecule has 3 aromatic rings. The lowest BCUT2D eigenvalue weighted by Crippen LogP contribution is -2.14. The largest absolute Gasteiger partial charge is 0.461 e. The fourth-order valence-corrected chi connectivity index (χ4v) is 4.92. The summed E-state index contributed by atoms with van der Waals surface area (Å²) < 4.78 is 47.2. The van der Waals surface area contributed by atoms with E-state index in [1.807, 2.05) is 6.07 Å². The van der Waals surface area contributed by atoms with E-state index in [4.69, 9.17) is 4.42 Å². The van der Waals surface area contributed by atoms with Gasteiger partial charge in [0.2, 0.25) is 0 Å². The zero-order valence-electron chi connectivity index (χ0n) is 14.7.